The molecule has 7 nitrogen and oxygen atoms in total. The number of halogens is 1. The summed E-state index contributed by atoms with van der Waals surface area (Å²) < 4.78 is 31.8. The highest BCUT2D eigenvalue weighted by Gasteiger charge is 2.31. The normalized spacial score (nSPS) is 16.8. The quantitative estimate of drug-likeness (QED) is 0.785. The molecule has 1 unspecified atom stereocenters. The lowest BCUT2D eigenvalue weighted by Crippen LogP contribution is -2.31. The number of nitrogens with zero attached hydrogens (tertiary/aromatic N) is 1. The number of aryl methyl sites for hydroxylation is 1. The SMILES string of the molecule is Cc1oc(C(=O)NCC(C)CN)cc1S(=O)(=O)N1CCCC1.Cl. The number of sulfonamides is 1. The van der Waals surface area contributed by atoms with Crippen LogP contribution in [0.1, 0.15) is 36.1 Å². The first-order valence-electron chi connectivity index (χ1n) is 7.45. The number of furan rings is 1. The zero-order valence-electron chi connectivity index (χ0n) is 13.4. The van der Waals surface area contributed by atoms with Gasteiger partial charge in [0.1, 0.15) is 10.7 Å². The molecule has 1 amide bonds. The highest BCUT2D eigenvalue weighted by atomic mass is 35.5. The Morgan fingerprint density at radius 1 is 1.43 bits per heavy atom. The number of nitrogens with two attached hydrogens (primary N) is 1. The lowest BCUT2D eigenvalue weighted by molar-refractivity contribution is 0.0919. The fourth-order valence-corrected chi connectivity index (χ4v) is 4.02. The lowest BCUT2D eigenvalue weighted by atomic mass is 10.2. The van der Waals surface area contributed by atoms with E-state index >= 15 is 0 Å². The van der Waals surface area contributed by atoms with Crippen molar-refractivity contribution in [3.63, 3.8) is 0 Å². The third-order valence-electron chi connectivity index (χ3n) is 3.79. The average Bonchev–Trinajstić information content (AvgIpc) is 3.13. The first-order valence-corrected chi connectivity index (χ1v) is 8.89. The fraction of sp³-hybridized carbons (Fsp3) is 0.643. The molecular formula is C14H24ClN3O4S. The third-order valence-corrected chi connectivity index (χ3v) is 5.80. The molecule has 1 aliphatic heterocycles. The third kappa shape index (κ3) is 4.47. The molecule has 132 valence electrons. The van der Waals surface area contributed by atoms with Crippen LogP contribution in [0.3, 0.4) is 0 Å². The van der Waals surface area contributed by atoms with Crippen molar-refractivity contribution in [1.82, 2.24) is 9.62 Å². The van der Waals surface area contributed by atoms with Gasteiger partial charge in [-0.1, -0.05) is 6.92 Å². The number of rotatable bonds is 6. The van der Waals surface area contributed by atoms with Crippen LogP contribution in [0.25, 0.3) is 0 Å². The zero-order chi connectivity index (χ0) is 16.3. The number of hydrogen-bond donors (Lipinski definition) is 2. The highest BCUT2D eigenvalue weighted by molar-refractivity contribution is 7.89. The molecule has 2 rings (SSSR count). The van der Waals surface area contributed by atoms with Gasteiger partial charge in [-0.15, -0.1) is 12.4 Å². The predicted octanol–water partition coefficient (Wildman–Crippen LogP) is 1.12. The summed E-state index contributed by atoms with van der Waals surface area (Å²) in [5.74, 6) is -0.0255. The van der Waals surface area contributed by atoms with E-state index in [0.717, 1.165) is 12.8 Å². The van der Waals surface area contributed by atoms with Gasteiger partial charge in [-0.05, 0) is 32.2 Å². The smallest absolute Gasteiger partial charge is 0.287 e. The van der Waals surface area contributed by atoms with E-state index in [4.69, 9.17) is 10.2 Å². The molecule has 1 saturated heterocycles. The first-order chi connectivity index (χ1) is 10.4. The average molecular weight is 366 g/mol. The molecule has 1 aliphatic rings. The molecule has 0 aliphatic carbocycles. The minimum atomic E-state index is -3.58. The topological polar surface area (TPSA) is 106 Å². The Labute approximate surface area is 143 Å². The minimum Gasteiger partial charge on any atom is -0.455 e. The molecular weight excluding hydrogens is 342 g/mol. The molecule has 9 heteroatoms. The summed E-state index contributed by atoms with van der Waals surface area (Å²) in [6.45, 7) is 5.39. The van der Waals surface area contributed by atoms with E-state index < -0.39 is 15.9 Å². The molecule has 0 aromatic carbocycles. The number of carbonyl (C=O) groups is 1. The zero-order valence-corrected chi connectivity index (χ0v) is 15.0. The second-order valence-electron chi connectivity index (χ2n) is 5.69. The van der Waals surface area contributed by atoms with Crippen LogP contribution in [-0.4, -0.2) is 44.8 Å². The van der Waals surface area contributed by atoms with E-state index in [0.29, 0.717) is 26.2 Å². The molecule has 0 saturated carbocycles. The van der Waals surface area contributed by atoms with Gasteiger partial charge in [-0.25, -0.2) is 8.42 Å². The van der Waals surface area contributed by atoms with Crippen LogP contribution in [0.2, 0.25) is 0 Å². The van der Waals surface area contributed by atoms with Crippen LogP contribution in [0.5, 0.6) is 0 Å². The molecule has 23 heavy (non-hydrogen) atoms. The van der Waals surface area contributed by atoms with Crippen LogP contribution in [0, 0.1) is 12.8 Å². The number of hydrogen-bond acceptors (Lipinski definition) is 5. The largest absolute Gasteiger partial charge is 0.455 e. The molecule has 3 N–H and O–H groups in total. The second-order valence-corrected chi connectivity index (χ2v) is 7.60. The number of carbonyl (C=O) groups excluding carboxylic acids is 1. The first kappa shape index (κ1) is 20.0. The Morgan fingerprint density at radius 2 is 2.04 bits per heavy atom. The van der Waals surface area contributed by atoms with Gasteiger partial charge in [0.25, 0.3) is 5.91 Å². The molecule has 1 fully saturated rings. The Kier molecular flexibility index (Phi) is 7.06. The predicted molar refractivity (Wildman–Crippen MR) is 89.2 cm³/mol. The van der Waals surface area contributed by atoms with Gasteiger partial charge in [0.2, 0.25) is 10.0 Å². The number of amides is 1. The fourth-order valence-electron chi connectivity index (χ4n) is 2.34. The van der Waals surface area contributed by atoms with Gasteiger partial charge in [0.15, 0.2) is 5.76 Å². The monoisotopic (exact) mass is 365 g/mol. The van der Waals surface area contributed by atoms with Crippen molar-refractivity contribution in [2.75, 3.05) is 26.2 Å². The van der Waals surface area contributed by atoms with Crippen LogP contribution in [0.4, 0.5) is 0 Å². The van der Waals surface area contributed by atoms with E-state index in [1.807, 2.05) is 6.92 Å². The molecule has 1 atom stereocenters. The minimum absolute atomic E-state index is 0. The van der Waals surface area contributed by atoms with Crippen molar-refractivity contribution < 1.29 is 17.6 Å². The van der Waals surface area contributed by atoms with E-state index in [-0.39, 0.29) is 34.7 Å². The maximum atomic E-state index is 12.5. The summed E-state index contributed by atoms with van der Waals surface area (Å²) >= 11 is 0. The van der Waals surface area contributed by atoms with Crippen molar-refractivity contribution in [2.45, 2.75) is 31.6 Å². The maximum absolute atomic E-state index is 12.5. The van der Waals surface area contributed by atoms with Crippen molar-refractivity contribution in [3.8, 4) is 0 Å². The van der Waals surface area contributed by atoms with Crippen LogP contribution >= 0.6 is 12.4 Å². The van der Waals surface area contributed by atoms with Gasteiger partial charge in [-0.2, -0.15) is 4.31 Å². The summed E-state index contributed by atoms with van der Waals surface area (Å²) in [5.41, 5.74) is 5.49. The van der Waals surface area contributed by atoms with E-state index in [1.54, 1.807) is 6.92 Å². The van der Waals surface area contributed by atoms with Crippen molar-refractivity contribution in [2.24, 2.45) is 11.7 Å². The van der Waals surface area contributed by atoms with E-state index in [2.05, 4.69) is 5.32 Å². The van der Waals surface area contributed by atoms with Gasteiger partial charge >= 0.3 is 0 Å². The standard InChI is InChI=1S/C14H23N3O4S.ClH/c1-10(8-15)9-16-14(18)12-7-13(11(2)21-12)22(19,20)17-5-3-4-6-17;/h7,10H,3-6,8-9,15H2,1-2H3,(H,16,18);1H. The molecule has 2 heterocycles. The Morgan fingerprint density at radius 3 is 2.61 bits per heavy atom. The van der Waals surface area contributed by atoms with Crippen molar-refractivity contribution in [3.05, 3.63) is 17.6 Å². The summed E-state index contributed by atoms with van der Waals surface area (Å²) in [7, 11) is -3.58. The second kappa shape index (κ2) is 8.14. The van der Waals surface area contributed by atoms with Crippen LogP contribution < -0.4 is 11.1 Å². The summed E-state index contributed by atoms with van der Waals surface area (Å²) in [5, 5.41) is 2.69. The molecule has 0 spiro atoms. The Balaban J connectivity index is 0.00000264. The Bertz CT molecular complexity index is 638. The van der Waals surface area contributed by atoms with E-state index in [9.17, 15) is 13.2 Å². The van der Waals surface area contributed by atoms with Gasteiger partial charge in [0, 0.05) is 25.7 Å². The van der Waals surface area contributed by atoms with Crippen LogP contribution in [0.15, 0.2) is 15.4 Å². The lowest BCUT2D eigenvalue weighted by Gasteiger charge is -2.14. The van der Waals surface area contributed by atoms with Crippen LogP contribution in [-0.2, 0) is 10.0 Å². The molecule has 0 bridgehead atoms. The Hall–Kier alpha value is -1.09. The summed E-state index contributed by atoms with van der Waals surface area (Å²) in [4.78, 5) is 12.1. The van der Waals surface area contributed by atoms with Gasteiger partial charge in [-0.3, -0.25) is 4.79 Å². The summed E-state index contributed by atoms with van der Waals surface area (Å²) in [6.07, 6.45) is 1.72. The molecule has 0 radical (unpaired) electrons. The number of nitrogens with one attached hydrogen (secondary N) is 1. The van der Waals surface area contributed by atoms with Gasteiger partial charge < -0.3 is 15.5 Å². The maximum Gasteiger partial charge on any atom is 0.287 e. The molecule has 1 aromatic heterocycles. The van der Waals surface area contributed by atoms with Crippen molar-refractivity contribution in [1.29, 1.82) is 0 Å². The van der Waals surface area contributed by atoms with E-state index in [1.165, 1.54) is 10.4 Å². The van der Waals surface area contributed by atoms with Crippen molar-refractivity contribution >= 4 is 28.3 Å². The highest BCUT2D eigenvalue weighted by Crippen LogP contribution is 2.26. The summed E-state index contributed by atoms with van der Waals surface area (Å²) in [6, 6.07) is 1.31. The molecule has 1 aromatic rings. The van der Waals surface area contributed by atoms with Gasteiger partial charge in [0.05, 0.1) is 0 Å².